The van der Waals surface area contributed by atoms with E-state index in [-0.39, 0.29) is 26.9 Å². The monoisotopic (exact) mass is 546 g/mol. The molecule has 0 aromatic heterocycles. The van der Waals surface area contributed by atoms with Crippen molar-refractivity contribution >= 4 is 15.8 Å². The number of aromatic carboxylic acids is 1. The maximum Gasteiger partial charge on any atom is 0.339 e. The predicted octanol–water partition coefficient (Wildman–Crippen LogP) is 6.36. The minimum Gasteiger partial charge on any atom is -0.507 e. The second-order valence-corrected chi connectivity index (χ2v) is 11.7. The molecule has 1 atom stereocenters. The van der Waals surface area contributed by atoms with E-state index in [1.165, 1.54) is 18.2 Å². The lowest BCUT2D eigenvalue weighted by molar-refractivity contribution is 0.0199. The van der Waals surface area contributed by atoms with Crippen molar-refractivity contribution in [3.05, 3.63) is 113 Å². The number of hydrogen-bond acceptors (Lipinski definition) is 6. The van der Waals surface area contributed by atoms with Gasteiger partial charge in [0.05, 0.1) is 4.90 Å². The lowest BCUT2D eigenvalue weighted by atomic mass is 9.78. The minimum atomic E-state index is -3.81. The summed E-state index contributed by atoms with van der Waals surface area (Å²) in [5.74, 6) is -0.828. The first-order chi connectivity index (χ1) is 18.4. The van der Waals surface area contributed by atoms with Crippen molar-refractivity contribution in [1.82, 2.24) is 0 Å². The van der Waals surface area contributed by atoms with Gasteiger partial charge in [0, 0.05) is 12.3 Å². The highest BCUT2D eigenvalue weighted by Gasteiger charge is 2.26. The molecular weight excluding hydrogens is 516 g/mol. The van der Waals surface area contributed by atoms with Crippen molar-refractivity contribution in [3.8, 4) is 17.2 Å². The molecule has 0 saturated carbocycles. The molecule has 1 unspecified atom stereocenters. The number of carbonyl (C=O) groups is 1. The molecule has 0 aliphatic rings. The molecule has 0 amide bonds. The van der Waals surface area contributed by atoms with Gasteiger partial charge >= 0.3 is 5.97 Å². The third kappa shape index (κ3) is 5.91. The highest BCUT2D eigenvalue weighted by atomic mass is 32.2. The maximum atomic E-state index is 13.3. The van der Waals surface area contributed by atoms with E-state index in [9.17, 15) is 23.4 Å². The number of carboxylic acids is 1. The largest absolute Gasteiger partial charge is 0.507 e. The van der Waals surface area contributed by atoms with Crippen LogP contribution in [0.3, 0.4) is 0 Å². The van der Waals surface area contributed by atoms with E-state index >= 15 is 0 Å². The molecular formula is C31H30O7S. The molecule has 7 nitrogen and oxygen atoms in total. The Hall–Kier alpha value is -4.30. The molecule has 202 valence electrons. The lowest BCUT2D eigenvalue weighted by Gasteiger charge is -2.27. The van der Waals surface area contributed by atoms with Gasteiger partial charge in [0.1, 0.15) is 27.7 Å². The zero-order chi connectivity index (χ0) is 28.4. The molecule has 0 spiro atoms. The quantitative estimate of drug-likeness (QED) is 0.235. The van der Waals surface area contributed by atoms with Gasteiger partial charge in [0.25, 0.3) is 0 Å². The molecule has 4 rings (SSSR count). The van der Waals surface area contributed by atoms with Gasteiger partial charge in [-0.25, -0.2) is 13.2 Å². The number of ether oxygens (including phenoxy) is 2. The summed E-state index contributed by atoms with van der Waals surface area (Å²) in [5, 5.41) is 19.4. The summed E-state index contributed by atoms with van der Waals surface area (Å²) < 4.78 is 38.6. The van der Waals surface area contributed by atoms with E-state index < -0.39 is 27.5 Å². The Morgan fingerprint density at radius 3 is 2.18 bits per heavy atom. The Kier molecular flexibility index (Phi) is 7.70. The van der Waals surface area contributed by atoms with Crippen LogP contribution in [0.15, 0.2) is 101 Å². The van der Waals surface area contributed by atoms with Crippen LogP contribution in [0.25, 0.3) is 0 Å². The Labute approximate surface area is 228 Å². The van der Waals surface area contributed by atoms with Crippen molar-refractivity contribution in [2.75, 3.05) is 0 Å². The van der Waals surface area contributed by atoms with Gasteiger partial charge < -0.3 is 19.7 Å². The molecule has 0 aliphatic carbocycles. The normalized spacial score (nSPS) is 12.5. The number of aryl methyl sites for hydroxylation is 1. The Morgan fingerprint density at radius 2 is 1.51 bits per heavy atom. The third-order valence-corrected chi connectivity index (χ3v) is 8.38. The first-order valence-corrected chi connectivity index (χ1v) is 13.8. The van der Waals surface area contributed by atoms with Crippen LogP contribution in [0.1, 0.15) is 47.8 Å². The molecule has 0 fully saturated rings. The van der Waals surface area contributed by atoms with E-state index in [2.05, 4.69) is 0 Å². The molecule has 39 heavy (non-hydrogen) atoms. The zero-order valence-corrected chi connectivity index (χ0v) is 22.9. The minimum absolute atomic E-state index is 0.0452. The van der Waals surface area contributed by atoms with Crippen LogP contribution in [-0.4, -0.2) is 30.9 Å². The molecule has 0 aliphatic heterocycles. The van der Waals surface area contributed by atoms with E-state index in [4.69, 9.17) is 9.47 Å². The maximum absolute atomic E-state index is 13.3. The molecule has 8 heteroatoms. The van der Waals surface area contributed by atoms with Crippen LogP contribution in [0.4, 0.5) is 0 Å². The number of phenols is 1. The van der Waals surface area contributed by atoms with Gasteiger partial charge in [-0.15, -0.1) is 0 Å². The number of aromatic hydroxyl groups is 1. The molecule has 4 aromatic carbocycles. The van der Waals surface area contributed by atoms with Crippen LogP contribution in [0.2, 0.25) is 0 Å². The van der Waals surface area contributed by atoms with Crippen LogP contribution in [0, 0.1) is 6.92 Å². The standard InChI is InChI=1S/C31H30O7S/c1-20-12-15-25(16-13-20)39(35,36)29-11-6-5-10-28(29)38-21(2)37-24-9-7-8-22(18-24)31(3,4)23-14-17-26(30(33)34)27(32)19-23/h5-19,21,32H,1-4H3,(H,33,34). The number of rotatable bonds is 9. The summed E-state index contributed by atoms with van der Waals surface area (Å²) in [5.41, 5.74) is 1.79. The second-order valence-electron chi connectivity index (χ2n) is 9.76. The van der Waals surface area contributed by atoms with E-state index in [1.807, 2.05) is 39.0 Å². The van der Waals surface area contributed by atoms with Crippen LogP contribution >= 0.6 is 0 Å². The molecule has 0 saturated heterocycles. The smallest absolute Gasteiger partial charge is 0.339 e. The van der Waals surface area contributed by atoms with Crippen molar-refractivity contribution in [2.24, 2.45) is 0 Å². The highest BCUT2D eigenvalue weighted by molar-refractivity contribution is 7.91. The third-order valence-electron chi connectivity index (χ3n) is 6.57. The summed E-state index contributed by atoms with van der Waals surface area (Å²) in [6.45, 7) is 7.47. The van der Waals surface area contributed by atoms with Crippen LogP contribution < -0.4 is 9.47 Å². The Balaban J connectivity index is 1.55. The van der Waals surface area contributed by atoms with Gasteiger partial charge in [0.2, 0.25) is 16.1 Å². The van der Waals surface area contributed by atoms with Gasteiger partial charge in [-0.05, 0) is 66.6 Å². The van der Waals surface area contributed by atoms with Crippen molar-refractivity contribution in [1.29, 1.82) is 0 Å². The SMILES string of the molecule is Cc1ccc(S(=O)(=O)c2ccccc2OC(C)Oc2cccc(C(C)(C)c3ccc(C(=O)O)c(O)c3)c2)cc1. The zero-order valence-electron chi connectivity index (χ0n) is 22.1. The lowest BCUT2D eigenvalue weighted by Crippen LogP contribution is -2.22. The predicted molar refractivity (Wildman–Crippen MR) is 147 cm³/mol. The first-order valence-electron chi connectivity index (χ1n) is 12.3. The second kappa shape index (κ2) is 10.8. The van der Waals surface area contributed by atoms with Crippen molar-refractivity contribution in [2.45, 2.75) is 49.2 Å². The van der Waals surface area contributed by atoms with Gasteiger partial charge in [-0.2, -0.15) is 0 Å². The Bertz CT molecular complexity index is 1610. The summed E-state index contributed by atoms with van der Waals surface area (Å²) in [6, 6.07) is 24.9. The summed E-state index contributed by atoms with van der Waals surface area (Å²) in [6.07, 6.45) is -0.823. The fourth-order valence-electron chi connectivity index (χ4n) is 4.23. The van der Waals surface area contributed by atoms with Gasteiger partial charge in [-0.1, -0.05) is 61.9 Å². The van der Waals surface area contributed by atoms with E-state index in [1.54, 1.807) is 61.5 Å². The molecule has 0 radical (unpaired) electrons. The van der Waals surface area contributed by atoms with E-state index in [0.717, 1.165) is 16.7 Å². The highest BCUT2D eigenvalue weighted by Crippen LogP contribution is 2.36. The number of sulfone groups is 1. The van der Waals surface area contributed by atoms with Crippen LogP contribution in [0.5, 0.6) is 17.2 Å². The van der Waals surface area contributed by atoms with Gasteiger partial charge in [-0.3, -0.25) is 0 Å². The van der Waals surface area contributed by atoms with Crippen molar-refractivity contribution in [3.63, 3.8) is 0 Å². The number of carboxylic acid groups (broad SMARTS) is 1. The Morgan fingerprint density at radius 1 is 0.846 bits per heavy atom. The molecule has 0 bridgehead atoms. The number of para-hydroxylation sites is 1. The number of benzene rings is 4. The average molecular weight is 547 g/mol. The fourth-order valence-corrected chi connectivity index (χ4v) is 5.62. The topological polar surface area (TPSA) is 110 Å². The summed E-state index contributed by atoms with van der Waals surface area (Å²) in [7, 11) is -3.81. The number of hydrogen-bond donors (Lipinski definition) is 2. The van der Waals surface area contributed by atoms with E-state index in [0.29, 0.717) is 5.75 Å². The molecule has 2 N–H and O–H groups in total. The fraction of sp³-hybridized carbons (Fsp3) is 0.194. The van der Waals surface area contributed by atoms with Crippen molar-refractivity contribution < 1.29 is 32.9 Å². The molecule has 4 aromatic rings. The molecule has 0 heterocycles. The summed E-state index contributed by atoms with van der Waals surface area (Å²) >= 11 is 0. The van der Waals surface area contributed by atoms with Gasteiger partial charge in [0.15, 0.2) is 0 Å². The van der Waals surface area contributed by atoms with Crippen LogP contribution in [-0.2, 0) is 15.3 Å². The first kappa shape index (κ1) is 27.7. The average Bonchev–Trinajstić information content (AvgIpc) is 2.89. The summed E-state index contributed by atoms with van der Waals surface area (Å²) in [4.78, 5) is 11.5.